The first-order chi connectivity index (χ1) is 9.33. The molecule has 1 N–H and O–H groups in total. The molecule has 1 atom stereocenters. The van der Waals surface area contributed by atoms with Crippen LogP contribution < -0.4 is 5.32 Å². The quantitative estimate of drug-likeness (QED) is 0.851. The zero-order valence-corrected chi connectivity index (χ0v) is 12.2. The van der Waals surface area contributed by atoms with Crippen LogP contribution in [0.15, 0.2) is 24.3 Å². The zero-order chi connectivity index (χ0) is 13.5. The number of rotatable bonds is 6. The molecule has 0 bridgehead atoms. The lowest BCUT2D eigenvalue weighted by Crippen LogP contribution is -2.41. The predicted molar refractivity (Wildman–Crippen MR) is 79.5 cm³/mol. The topological polar surface area (TPSA) is 24.5 Å². The zero-order valence-electron chi connectivity index (χ0n) is 12.2. The van der Waals surface area contributed by atoms with Crippen molar-refractivity contribution >= 4 is 0 Å². The number of likely N-dealkylation sites (N-methyl/N-ethyl adjacent to an activating group) is 1. The highest BCUT2D eigenvalue weighted by Gasteiger charge is 2.17. The second-order valence-corrected chi connectivity index (χ2v) is 5.12. The van der Waals surface area contributed by atoms with E-state index in [1.165, 1.54) is 11.1 Å². The molecule has 1 aromatic carbocycles. The summed E-state index contributed by atoms with van der Waals surface area (Å²) < 4.78 is 5.42. The van der Waals surface area contributed by atoms with Crippen molar-refractivity contribution in [3.8, 4) is 0 Å². The molecule has 19 heavy (non-hydrogen) atoms. The lowest BCUT2D eigenvalue weighted by atomic mass is 10.0. The van der Waals surface area contributed by atoms with Gasteiger partial charge in [-0.2, -0.15) is 0 Å². The smallest absolute Gasteiger partial charge is 0.0594 e. The highest BCUT2D eigenvalue weighted by Crippen LogP contribution is 2.16. The van der Waals surface area contributed by atoms with E-state index in [0.717, 1.165) is 45.8 Å². The second-order valence-electron chi connectivity index (χ2n) is 5.12. The summed E-state index contributed by atoms with van der Waals surface area (Å²) in [6.45, 7) is 10.3. The van der Waals surface area contributed by atoms with E-state index in [-0.39, 0.29) is 0 Å². The Morgan fingerprint density at radius 1 is 1.16 bits per heavy atom. The molecule has 0 aromatic heterocycles. The van der Waals surface area contributed by atoms with Crippen molar-refractivity contribution in [2.24, 2.45) is 0 Å². The molecule has 0 amide bonds. The van der Waals surface area contributed by atoms with Crippen LogP contribution in [0.4, 0.5) is 0 Å². The van der Waals surface area contributed by atoms with Gasteiger partial charge in [0.25, 0.3) is 0 Å². The van der Waals surface area contributed by atoms with E-state index in [9.17, 15) is 0 Å². The maximum Gasteiger partial charge on any atom is 0.0594 e. The van der Waals surface area contributed by atoms with Gasteiger partial charge in [-0.05, 0) is 24.1 Å². The molecule has 1 unspecified atom stereocenters. The lowest BCUT2D eigenvalue weighted by molar-refractivity contribution is 0.0335. The third-order valence-corrected chi connectivity index (χ3v) is 3.79. The first kappa shape index (κ1) is 14.5. The Labute approximate surface area is 116 Å². The molecule has 1 aliphatic heterocycles. The monoisotopic (exact) mass is 262 g/mol. The van der Waals surface area contributed by atoms with Crippen molar-refractivity contribution in [2.75, 3.05) is 39.4 Å². The number of hydrogen-bond donors (Lipinski definition) is 1. The molecule has 1 aromatic rings. The third-order valence-electron chi connectivity index (χ3n) is 3.79. The molecule has 0 spiro atoms. The summed E-state index contributed by atoms with van der Waals surface area (Å²) in [6, 6.07) is 9.46. The predicted octanol–water partition coefficient (Wildman–Crippen LogP) is 2.23. The highest BCUT2D eigenvalue weighted by molar-refractivity contribution is 5.25. The molecule has 3 heteroatoms. The Hall–Kier alpha value is -0.900. The van der Waals surface area contributed by atoms with E-state index < -0.39 is 0 Å². The number of nitrogens with one attached hydrogen (secondary N) is 1. The Morgan fingerprint density at radius 3 is 2.42 bits per heavy atom. The van der Waals surface area contributed by atoms with Gasteiger partial charge in [0.05, 0.1) is 13.2 Å². The molecule has 0 saturated carbocycles. The maximum atomic E-state index is 5.42. The van der Waals surface area contributed by atoms with Crippen LogP contribution in [0.2, 0.25) is 0 Å². The average Bonchev–Trinajstić information content (AvgIpc) is 2.48. The third kappa shape index (κ3) is 4.30. The fourth-order valence-electron chi connectivity index (χ4n) is 2.56. The minimum absolute atomic E-state index is 0.425. The van der Waals surface area contributed by atoms with Crippen LogP contribution >= 0.6 is 0 Å². The van der Waals surface area contributed by atoms with Gasteiger partial charge in [0.2, 0.25) is 0 Å². The first-order valence-electron chi connectivity index (χ1n) is 7.45. The van der Waals surface area contributed by atoms with E-state index in [0.29, 0.717) is 6.04 Å². The minimum Gasteiger partial charge on any atom is -0.379 e. The Bertz CT molecular complexity index is 358. The fourth-order valence-corrected chi connectivity index (χ4v) is 2.56. The molecule has 106 valence electrons. The number of nitrogens with zero attached hydrogens (tertiary/aromatic N) is 1. The molecule has 1 fully saturated rings. The summed E-state index contributed by atoms with van der Waals surface area (Å²) in [6.07, 6.45) is 1.11. The molecule has 2 rings (SSSR count). The van der Waals surface area contributed by atoms with Gasteiger partial charge in [-0.15, -0.1) is 0 Å². The largest absolute Gasteiger partial charge is 0.379 e. The fraction of sp³-hybridized carbons (Fsp3) is 0.625. The van der Waals surface area contributed by atoms with Gasteiger partial charge < -0.3 is 10.1 Å². The summed E-state index contributed by atoms with van der Waals surface area (Å²) >= 11 is 0. The van der Waals surface area contributed by atoms with Crippen LogP contribution in [0, 0.1) is 0 Å². The van der Waals surface area contributed by atoms with Gasteiger partial charge in [-0.25, -0.2) is 0 Å². The standard InChI is InChI=1S/C16H26N2O/c1-3-14-5-7-15(8-6-14)16(17-4-2)13-18-9-11-19-12-10-18/h5-8,16-17H,3-4,9-13H2,1-2H3. The maximum absolute atomic E-state index is 5.42. The molecular formula is C16H26N2O. The van der Waals surface area contributed by atoms with Gasteiger partial charge >= 0.3 is 0 Å². The molecule has 3 nitrogen and oxygen atoms in total. The van der Waals surface area contributed by atoms with Crippen molar-refractivity contribution in [3.63, 3.8) is 0 Å². The van der Waals surface area contributed by atoms with Crippen LogP contribution in [0.3, 0.4) is 0 Å². The summed E-state index contributed by atoms with van der Waals surface area (Å²) in [4.78, 5) is 2.49. The number of hydrogen-bond acceptors (Lipinski definition) is 3. The van der Waals surface area contributed by atoms with Gasteiger partial charge in [0.15, 0.2) is 0 Å². The number of benzene rings is 1. The lowest BCUT2D eigenvalue weighted by Gasteiger charge is -2.31. The SMILES string of the molecule is CCNC(CN1CCOCC1)c1ccc(CC)cc1. The van der Waals surface area contributed by atoms with Crippen molar-refractivity contribution in [1.82, 2.24) is 10.2 Å². The van der Waals surface area contributed by atoms with Crippen LogP contribution in [0.5, 0.6) is 0 Å². The average molecular weight is 262 g/mol. The number of aryl methyl sites for hydroxylation is 1. The van der Waals surface area contributed by atoms with E-state index in [1.54, 1.807) is 0 Å². The van der Waals surface area contributed by atoms with Gasteiger partial charge in [-0.3, -0.25) is 4.90 Å². The van der Waals surface area contributed by atoms with E-state index in [2.05, 4.69) is 48.3 Å². The van der Waals surface area contributed by atoms with Gasteiger partial charge in [0, 0.05) is 25.7 Å². The summed E-state index contributed by atoms with van der Waals surface area (Å²) in [5.74, 6) is 0. The molecule has 0 radical (unpaired) electrons. The minimum atomic E-state index is 0.425. The van der Waals surface area contributed by atoms with Crippen LogP contribution in [-0.4, -0.2) is 44.3 Å². The Morgan fingerprint density at radius 2 is 1.84 bits per heavy atom. The van der Waals surface area contributed by atoms with Crippen LogP contribution in [0.25, 0.3) is 0 Å². The van der Waals surface area contributed by atoms with Crippen LogP contribution in [-0.2, 0) is 11.2 Å². The van der Waals surface area contributed by atoms with Crippen LogP contribution in [0.1, 0.15) is 31.0 Å². The van der Waals surface area contributed by atoms with E-state index in [1.807, 2.05) is 0 Å². The number of ether oxygens (including phenoxy) is 1. The Balaban J connectivity index is 2.00. The van der Waals surface area contributed by atoms with E-state index in [4.69, 9.17) is 4.74 Å². The molecule has 1 heterocycles. The first-order valence-corrected chi connectivity index (χ1v) is 7.45. The van der Waals surface area contributed by atoms with Gasteiger partial charge in [-0.1, -0.05) is 38.1 Å². The molecule has 1 saturated heterocycles. The second kappa shape index (κ2) is 7.63. The van der Waals surface area contributed by atoms with E-state index >= 15 is 0 Å². The number of morpholine rings is 1. The van der Waals surface area contributed by atoms with Crippen molar-refractivity contribution in [1.29, 1.82) is 0 Å². The van der Waals surface area contributed by atoms with Crippen molar-refractivity contribution in [3.05, 3.63) is 35.4 Å². The molecular weight excluding hydrogens is 236 g/mol. The Kier molecular flexibility index (Phi) is 5.83. The molecule has 0 aliphatic carbocycles. The normalized spacial score (nSPS) is 18.4. The van der Waals surface area contributed by atoms with Crippen molar-refractivity contribution < 1.29 is 4.74 Å². The summed E-state index contributed by atoms with van der Waals surface area (Å²) in [5, 5.41) is 3.60. The summed E-state index contributed by atoms with van der Waals surface area (Å²) in [5.41, 5.74) is 2.80. The molecule has 1 aliphatic rings. The highest BCUT2D eigenvalue weighted by atomic mass is 16.5. The summed E-state index contributed by atoms with van der Waals surface area (Å²) in [7, 11) is 0. The van der Waals surface area contributed by atoms with Crippen molar-refractivity contribution in [2.45, 2.75) is 26.3 Å². The van der Waals surface area contributed by atoms with Gasteiger partial charge in [0.1, 0.15) is 0 Å².